The summed E-state index contributed by atoms with van der Waals surface area (Å²) in [6.07, 6.45) is 3.77. The largest absolute Gasteiger partial charge is 0.381 e. The molecule has 0 amide bonds. The van der Waals surface area contributed by atoms with Crippen LogP contribution in [0.4, 0.5) is 5.69 Å². The standard InChI is InChI=1S/C19H21N7/c1-12(2)26-19-16(11-22-26)7-14(10-21-19)9-20-17-6-4-5-15(8-17)18-23-13(3)24-25-18/h4-8,10-12,20H,9H2,1-3H3,(H,23,24,25). The average molecular weight is 347 g/mol. The van der Waals surface area contributed by atoms with Gasteiger partial charge < -0.3 is 5.32 Å². The van der Waals surface area contributed by atoms with E-state index in [2.05, 4.69) is 50.5 Å². The van der Waals surface area contributed by atoms with Crippen molar-refractivity contribution in [3.8, 4) is 11.4 Å². The molecule has 4 aromatic rings. The number of benzene rings is 1. The zero-order valence-electron chi connectivity index (χ0n) is 15.1. The maximum absolute atomic E-state index is 4.58. The molecule has 0 fully saturated rings. The minimum absolute atomic E-state index is 0.297. The summed E-state index contributed by atoms with van der Waals surface area (Å²) in [5.41, 5.74) is 4.03. The van der Waals surface area contributed by atoms with Crippen molar-refractivity contribution in [2.24, 2.45) is 0 Å². The maximum atomic E-state index is 4.58. The summed E-state index contributed by atoms with van der Waals surface area (Å²) in [6.45, 7) is 6.79. The fraction of sp³-hybridized carbons (Fsp3) is 0.263. The molecule has 4 rings (SSSR count). The van der Waals surface area contributed by atoms with Crippen LogP contribution in [0.25, 0.3) is 22.4 Å². The smallest absolute Gasteiger partial charge is 0.181 e. The van der Waals surface area contributed by atoms with Crippen LogP contribution in [0.2, 0.25) is 0 Å². The highest BCUT2D eigenvalue weighted by Crippen LogP contribution is 2.21. The molecule has 3 aromatic heterocycles. The molecule has 0 aliphatic heterocycles. The third kappa shape index (κ3) is 3.15. The van der Waals surface area contributed by atoms with Crippen LogP contribution in [-0.2, 0) is 6.54 Å². The number of nitrogens with one attached hydrogen (secondary N) is 2. The minimum Gasteiger partial charge on any atom is -0.381 e. The lowest BCUT2D eigenvalue weighted by Gasteiger charge is -2.09. The van der Waals surface area contributed by atoms with E-state index in [-0.39, 0.29) is 0 Å². The first kappa shape index (κ1) is 16.3. The molecule has 0 saturated carbocycles. The maximum Gasteiger partial charge on any atom is 0.181 e. The highest BCUT2D eigenvalue weighted by Gasteiger charge is 2.08. The highest BCUT2D eigenvalue weighted by molar-refractivity contribution is 5.75. The molecule has 2 N–H and O–H groups in total. The molecule has 0 radical (unpaired) electrons. The summed E-state index contributed by atoms with van der Waals surface area (Å²) in [5.74, 6) is 1.51. The molecule has 0 saturated heterocycles. The molecule has 0 aliphatic carbocycles. The van der Waals surface area contributed by atoms with Gasteiger partial charge in [-0.2, -0.15) is 10.2 Å². The van der Waals surface area contributed by atoms with Crippen LogP contribution in [0.1, 0.15) is 31.3 Å². The SMILES string of the molecule is Cc1nc(-c2cccc(NCc3cnc4c(cnn4C(C)C)c3)c2)n[nH]1. The Morgan fingerprint density at radius 1 is 1.19 bits per heavy atom. The Hall–Kier alpha value is -3.22. The Kier molecular flexibility index (Phi) is 4.12. The Labute approximate surface area is 151 Å². The van der Waals surface area contributed by atoms with E-state index in [0.717, 1.165) is 33.7 Å². The van der Waals surface area contributed by atoms with E-state index in [1.165, 1.54) is 0 Å². The minimum atomic E-state index is 0.297. The Morgan fingerprint density at radius 3 is 2.85 bits per heavy atom. The molecule has 7 nitrogen and oxygen atoms in total. The zero-order chi connectivity index (χ0) is 18.1. The molecule has 0 aliphatic rings. The van der Waals surface area contributed by atoms with Gasteiger partial charge in [-0.15, -0.1) is 0 Å². The second-order valence-corrected chi connectivity index (χ2v) is 6.62. The van der Waals surface area contributed by atoms with E-state index >= 15 is 0 Å². The van der Waals surface area contributed by atoms with Gasteiger partial charge in [-0.3, -0.25) is 5.10 Å². The summed E-state index contributed by atoms with van der Waals surface area (Å²) in [6, 6.07) is 10.5. The van der Waals surface area contributed by atoms with Crippen molar-refractivity contribution in [1.82, 2.24) is 29.9 Å². The van der Waals surface area contributed by atoms with Gasteiger partial charge in [0.2, 0.25) is 0 Å². The van der Waals surface area contributed by atoms with Crippen molar-refractivity contribution < 1.29 is 0 Å². The highest BCUT2D eigenvalue weighted by atomic mass is 15.3. The molecular weight excluding hydrogens is 326 g/mol. The molecule has 0 atom stereocenters. The van der Waals surface area contributed by atoms with Gasteiger partial charge in [0, 0.05) is 35.4 Å². The second kappa shape index (κ2) is 6.59. The molecule has 3 heterocycles. The quantitative estimate of drug-likeness (QED) is 0.575. The summed E-state index contributed by atoms with van der Waals surface area (Å²) in [4.78, 5) is 8.96. The molecular formula is C19H21N7. The van der Waals surface area contributed by atoms with E-state index < -0.39 is 0 Å². The van der Waals surface area contributed by atoms with Gasteiger partial charge in [0.05, 0.1) is 6.20 Å². The van der Waals surface area contributed by atoms with Crippen molar-refractivity contribution >= 4 is 16.7 Å². The normalized spacial score (nSPS) is 11.4. The van der Waals surface area contributed by atoms with Crippen molar-refractivity contribution in [3.63, 3.8) is 0 Å². The number of hydrogen-bond acceptors (Lipinski definition) is 5. The van der Waals surface area contributed by atoms with Crippen LogP contribution in [0.15, 0.2) is 42.7 Å². The summed E-state index contributed by atoms with van der Waals surface area (Å²) in [7, 11) is 0. The number of aromatic amines is 1. The van der Waals surface area contributed by atoms with Crippen LogP contribution in [0.3, 0.4) is 0 Å². The van der Waals surface area contributed by atoms with E-state index in [1.54, 1.807) is 0 Å². The first-order valence-corrected chi connectivity index (χ1v) is 8.65. The van der Waals surface area contributed by atoms with Crippen LogP contribution < -0.4 is 5.32 Å². The summed E-state index contributed by atoms with van der Waals surface area (Å²) < 4.78 is 1.94. The van der Waals surface area contributed by atoms with Crippen LogP contribution in [-0.4, -0.2) is 29.9 Å². The van der Waals surface area contributed by atoms with Gasteiger partial charge >= 0.3 is 0 Å². The Morgan fingerprint density at radius 2 is 2.08 bits per heavy atom. The lowest BCUT2D eigenvalue weighted by atomic mass is 10.2. The van der Waals surface area contributed by atoms with Crippen molar-refractivity contribution in [3.05, 3.63) is 54.1 Å². The van der Waals surface area contributed by atoms with Crippen molar-refractivity contribution in [2.75, 3.05) is 5.32 Å². The Bertz CT molecular complexity index is 1040. The van der Waals surface area contributed by atoms with Gasteiger partial charge in [-0.1, -0.05) is 12.1 Å². The van der Waals surface area contributed by atoms with E-state index in [4.69, 9.17) is 0 Å². The average Bonchev–Trinajstić information content (AvgIpc) is 3.26. The van der Waals surface area contributed by atoms with Crippen molar-refractivity contribution in [1.29, 1.82) is 0 Å². The van der Waals surface area contributed by atoms with Gasteiger partial charge in [0.15, 0.2) is 11.5 Å². The molecule has 0 bridgehead atoms. The second-order valence-electron chi connectivity index (χ2n) is 6.62. The molecule has 0 spiro atoms. The summed E-state index contributed by atoms with van der Waals surface area (Å²) >= 11 is 0. The third-order valence-corrected chi connectivity index (χ3v) is 4.19. The number of rotatable bonds is 5. The number of hydrogen-bond donors (Lipinski definition) is 2. The number of fused-ring (bicyclic) bond motifs is 1. The molecule has 132 valence electrons. The van der Waals surface area contributed by atoms with Gasteiger partial charge in [-0.25, -0.2) is 14.6 Å². The molecule has 1 aromatic carbocycles. The van der Waals surface area contributed by atoms with Crippen LogP contribution in [0.5, 0.6) is 0 Å². The topological polar surface area (TPSA) is 84.3 Å². The predicted octanol–water partition coefficient (Wildman–Crippen LogP) is 3.72. The zero-order valence-corrected chi connectivity index (χ0v) is 15.1. The summed E-state index contributed by atoms with van der Waals surface area (Å²) in [5, 5.41) is 16.0. The first-order valence-electron chi connectivity index (χ1n) is 8.65. The van der Waals surface area contributed by atoms with Crippen LogP contribution in [0, 0.1) is 6.92 Å². The molecule has 0 unspecified atom stereocenters. The molecule has 26 heavy (non-hydrogen) atoms. The van der Waals surface area contributed by atoms with E-state index in [9.17, 15) is 0 Å². The number of anilines is 1. The first-order chi connectivity index (χ1) is 12.6. The lowest BCUT2D eigenvalue weighted by Crippen LogP contribution is -2.04. The number of pyridine rings is 1. The van der Waals surface area contributed by atoms with E-state index in [1.807, 2.05) is 48.3 Å². The molecule has 7 heteroatoms. The Balaban J connectivity index is 1.51. The monoisotopic (exact) mass is 347 g/mol. The van der Waals surface area contributed by atoms with Crippen LogP contribution >= 0.6 is 0 Å². The number of nitrogens with zero attached hydrogens (tertiary/aromatic N) is 5. The van der Waals surface area contributed by atoms with Crippen molar-refractivity contribution in [2.45, 2.75) is 33.4 Å². The van der Waals surface area contributed by atoms with Gasteiger partial charge in [0.1, 0.15) is 5.82 Å². The number of aromatic nitrogens is 6. The lowest BCUT2D eigenvalue weighted by molar-refractivity contribution is 0.546. The predicted molar refractivity (Wildman–Crippen MR) is 102 cm³/mol. The van der Waals surface area contributed by atoms with Gasteiger partial charge in [-0.05, 0) is 44.5 Å². The van der Waals surface area contributed by atoms with Gasteiger partial charge in [0.25, 0.3) is 0 Å². The third-order valence-electron chi connectivity index (χ3n) is 4.19. The number of aryl methyl sites for hydroxylation is 1. The fourth-order valence-electron chi connectivity index (χ4n) is 2.90. The number of H-pyrrole nitrogens is 1. The fourth-order valence-corrected chi connectivity index (χ4v) is 2.90. The van der Waals surface area contributed by atoms with E-state index in [0.29, 0.717) is 18.4 Å².